The Balaban J connectivity index is -0.000000121. The van der Waals surface area contributed by atoms with Crippen molar-refractivity contribution in [2.75, 3.05) is 19.8 Å². The third kappa shape index (κ3) is 72.4. The second-order valence-electron chi connectivity index (χ2n) is 25.0. The van der Waals surface area contributed by atoms with Gasteiger partial charge in [0.25, 0.3) is 0 Å². The summed E-state index contributed by atoms with van der Waals surface area (Å²) in [6, 6.07) is 0. The van der Waals surface area contributed by atoms with Gasteiger partial charge in [0, 0.05) is 115 Å². The van der Waals surface area contributed by atoms with Gasteiger partial charge in [0.1, 0.15) is 22.1 Å². The van der Waals surface area contributed by atoms with Crippen LogP contribution < -0.4 is 0 Å². The lowest BCUT2D eigenvalue weighted by Crippen LogP contribution is -2.12. The Morgan fingerprint density at radius 2 is 0.991 bits per heavy atom. The van der Waals surface area contributed by atoms with Crippen LogP contribution in [0.25, 0.3) is 0 Å². The second-order valence-corrected chi connectivity index (χ2v) is 28.7. The van der Waals surface area contributed by atoms with Crippen molar-refractivity contribution in [3.63, 3.8) is 0 Å². The molecule has 9 aromatic heterocycles. The largest absolute Gasteiger partial charge is 0.451 e. The van der Waals surface area contributed by atoms with Gasteiger partial charge in [-0.25, -0.2) is 29.9 Å². The van der Waals surface area contributed by atoms with E-state index >= 15 is 0 Å². The van der Waals surface area contributed by atoms with Crippen molar-refractivity contribution < 1.29 is 18.3 Å². The van der Waals surface area contributed by atoms with Crippen LogP contribution in [0.1, 0.15) is 417 Å². The lowest BCUT2D eigenvalue weighted by atomic mass is 9.96. The molecule has 109 heavy (non-hydrogen) atoms. The fourth-order valence-corrected chi connectivity index (χ4v) is 9.81. The Morgan fingerprint density at radius 1 is 0.459 bits per heavy atom. The average Bonchev–Trinajstić information content (AvgIpc) is 1.79. The van der Waals surface area contributed by atoms with Gasteiger partial charge in [-0.15, -0.1) is 65.7 Å². The highest BCUT2D eigenvalue weighted by Crippen LogP contribution is 2.22. The molecule has 2 atom stereocenters. The highest BCUT2D eigenvalue weighted by atomic mass is 32.1. The zero-order chi connectivity index (χ0) is 85.6. The van der Waals surface area contributed by atoms with Gasteiger partial charge in [0.05, 0.1) is 46.2 Å². The fraction of sp³-hybridized carbons (Fsp3) is 0.713. The summed E-state index contributed by atoms with van der Waals surface area (Å²) in [5.41, 5.74) is 8.36. The molecule has 0 amide bonds. The molecule has 0 saturated carbocycles. The SMILES string of the molecule is C.CC.CC.CC.CC.CC.CC.CC.CC.CC.CC(C)C1CCCO1.CC(C)C1CCOC1.CC(C)c1cnc[nH]1.CC(C)c1cnc[nH]1.CC(C)c1cncs1.CC(C)c1cocn1.CC(C)c1cscn1.CC(C)c1ncc[nH]1.CC(C)c1nccs1.Cc1nnc(C(C)C)o1.Cc1nnc(C(C)C)s1. The molecule has 11 heterocycles. The molecule has 2 saturated heterocycles. The van der Waals surface area contributed by atoms with Crippen LogP contribution in [0.3, 0.4) is 0 Å². The predicted molar refractivity (Wildman–Crippen MR) is 486 cm³/mol. The van der Waals surface area contributed by atoms with E-state index in [1.54, 1.807) is 77.4 Å². The van der Waals surface area contributed by atoms with E-state index in [0.29, 0.717) is 71.1 Å². The third-order valence-electron chi connectivity index (χ3n) is 13.1. The van der Waals surface area contributed by atoms with Crippen molar-refractivity contribution >= 4 is 45.3 Å². The molecular weight excluding hydrogens is 1430 g/mol. The molecule has 9 aromatic rings. The molecule has 0 aliphatic carbocycles. The van der Waals surface area contributed by atoms with Crippen molar-refractivity contribution in [2.45, 2.75) is 377 Å². The quantitative estimate of drug-likeness (QED) is 0.109. The molecule has 2 aliphatic rings. The van der Waals surface area contributed by atoms with Gasteiger partial charge in [-0.05, 0) is 73.5 Å². The maximum Gasteiger partial charge on any atom is 0.219 e. The number of nitrogens with one attached hydrogen (secondary N) is 3. The summed E-state index contributed by atoms with van der Waals surface area (Å²) < 4.78 is 20.5. The maximum atomic E-state index is 5.41. The highest BCUT2D eigenvalue weighted by Gasteiger charge is 2.19. The topological polar surface area (TPSA) is 234 Å². The van der Waals surface area contributed by atoms with Crippen LogP contribution in [-0.2, 0) is 9.47 Å². The molecule has 18 nitrogen and oxygen atoms in total. The van der Waals surface area contributed by atoms with Gasteiger partial charge in [-0.2, -0.15) is 0 Å². The Morgan fingerprint density at radius 3 is 1.17 bits per heavy atom. The molecule has 0 radical (unpaired) electrons. The number of oxazole rings is 1. The predicted octanol–water partition coefficient (Wildman–Crippen LogP) is 30.0. The van der Waals surface area contributed by atoms with Crippen molar-refractivity contribution in [1.82, 2.24) is 70.2 Å². The first-order valence-corrected chi connectivity index (χ1v) is 44.4. The van der Waals surface area contributed by atoms with Crippen LogP contribution in [0.5, 0.6) is 0 Å². The summed E-state index contributed by atoms with van der Waals surface area (Å²) in [5.74, 6) is 9.61. The van der Waals surface area contributed by atoms with Crippen molar-refractivity contribution in [3.8, 4) is 0 Å². The summed E-state index contributed by atoms with van der Waals surface area (Å²) in [6.07, 6.45) is 22.0. The molecule has 0 bridgehead atoms. The number of aromatic nitrogens is 14. The first kappa shape index (κ1) is 124. The Kier molecular flexibility index (Phi) is 102. The monoisotopic (exact) mass is 1610 g/mol. The number of H-pyrrole nitrogens is 3. The molecule has 638 valence electrons. The van der Waals surface area contributed by atoms with E-state index in [0.717, 1.165) is 59.1 Å². The minimum atomic E-state index is 0. The number of rotatable bonds is 11. The Bertz CT molecular complexity index is 2450. The van der Waals surface area contributed by atoms with E-state index in [2.05, 4.69) is 214 Å². The number of thiazole rings is 3. The van der Waals surface area contributed by atoms with Crippen LogP contribution in [-0.4, -0.2) is 96.2 Å². The van der Waals surface area contributed by atoms with Crippen LogP contribution >= 0.6 is 45.3 Å². The molecule has 11 rings (SSSR count). The number of nitrogens with zero attached hydrogens (tertiary/aromatic N) is 11. The summed E-state index contributed by atoms with van der Waals surface area (Å²) in [4.78, 5) is 38.5. The summed E-state index contributed by atoms with van der Waals surface area (Å²) >= 11 is 6.77. The maximum absolute atomic E-state index is 5.41. The van der Waals surface area contributed by atoms with Gasteiger partial charge in [-0.3, -0.25) is 4.98 Å². The number of hydrogen-bond donors (Lipinski definition) is 3. The molecule has 3 N–H and O–H groups in total. The van der Waals surface area contributed by atoms with Gasteiger partial charge >= 0.3 is 0 Å². The van der Waals surface area contributed by atoms with Crippen LogP contribution in [0.4, 0.5) is 0 Å². The minimum Gasteiger partial charge on any atom is -0.451 e. The van der Waals surface area contributed by atoms with Crippen LogP contribution in [0.2, 0.25) is 0 Å². The summed E-state index contributed by atoms with van der Waals surface area (Å²) in [6.45, 7) is 89.9. The first-order valence-electron chi connectivity index (χ1n) is 40.9. The van der Waals surface area contributed by atoms with E-state index in [1.165, 1.54) is 52.6 Å². The molecular formula is C87H172N14O4S4. The van der Waals surface area contributed by atoms with E-state index in [9.17, 15) is 0 Å². The van der Waals surface area contributed by atoms with Crippen LogP contribution in [0, 0.1) is 31.6 Å². The van der Waals surface area contributed by atoms with Crippen molar-refractivity contribution in [3.05, 3.63) is 145 Å². The summed E-state index contributed by atoms with van der Waals surface area (Å²) in [5, 5.41) is 22.9. The summed E-state index contributed by atoms with van der Waals surface area (Å²) in [7, 11) is 0. The molecule has 2 unspecified atom stereocenters. The minimum absolute atomic E-state index is 0. The van der Waals surface area contributed by atoms with Crippen LogP contribution in [0.15, 0.2) is 93.1 Å². The number of aromatic amines is 3. The number of aryl methyl sites for hydroxylation is 2. The van der Waals surface area contributed by atoms with E-state index < -0.39 is 0 Å². The molecule has 22 heteroatoms. The third-order valence-corrected chi connectivity index (χ3v) is 17.0. The number of imidazole rings is 3. The number of hydrogen-bond acceptors (Lipinski definition) is 19. The lowest BCUT2D eigenvalue weighted by molar-refractivity contribution is 0.0758. The normalized spacial score (nSPS) is 11.9. The van der Waals surface area contributed by atoms with E-state index in [1.807, 2.05) is 193 Å². The van der Waals surface area contributed by atoms with E-state index in [-0.39, 0.29) is 7.43 Å². The van der Waals surface area contributed by atoms with Crippen molar-refractivity contribution in [1.29, 1.82) is 0 Å². The smallest absolute Gasteiger partial charge is 0.219 e. The molecule has 2 aliphatic heterocycles. The lowest BCUT2D eigenvalue weighted by Gasteiger charge is -2.11. The zero-order valence-electron chi connectivity index (χ0n) is 77.0. The second kappa shape index (κ2) is 89.6. The fourth-order valence-electron chi connectivity index (χ4n) is 7.10. The first-order chi connectivity index (χ1) is 51.6. The molecule has 0 aromatic carbocycles. The zero-order valence-corrected chi connectivity index (χ0v) is 80.3. The van der Waals surface area contributed by atoms with Gasteiger partial charge in [-0.1, -0.05) is 284 Å². The van der Waals surface area contributed by atoms with E-state index in [4.69, 9.17) is 18.3 Å². The number of ether oxygens (including phenoxy) is 2. The Labute approximate surface area is 688 Å². The molecule has 2 fully saturated rings. The van der Waals surface area contributed by atoms with Crippen molar-refractivity contribution in [2.24, 2.45) is 17.8 Å². The highest BCUT2D eigenvalue weighted by molar-refractivity contribution is 7.11. The average molecular weight is 1610 g/mol. The Hall–Kier alpha value is -5.65. The van der Waals surface area contributed by atoms with Gasteiger partial charge < -0.3 is 33.3 Å². The molecule has 0 spiro atoms. The standard InChI is InChI=1S/2C7H14O.C6H10N2O.C6H10N2S.3C6H10N2.C6H9NO.3C6H9NS.9C2H6.CH4/c1-6(2)7-3-4-8-5-7;1-6(2)7-4-3-5-8-7;2*1-4(2)6-8-7-5(3)9-6;2*1-5(2)6-3-7-4-8-6;1-5(2)6-7-3-4-8-6;2*1-5(2)6-3-8-4-7-6;1-5(2)6-3-7-4-8-6;1-5(2)6-7-3-4-8-6;9*1-2;/h2*6-7H,3-5H2,1-2H3;2*4H,1-3H3;3*3-5H,1-2H3,(H,7,8);4*3-5H,1-2H3;9*1-2H3;1H4. The van der Waals surface area contributed by atoms with Gasteiger partial charge in [0.15, 0.2) is 6.39 Å². The van der Waals surface area contributed by atoms with Gasteiger partial charge in [0.2, 0.25) is 11.8 Å².